The van der Waals surface area contributed by atoms with Crippen LogP contribution in [0.1, 0.15) is 30.5 Å². The number of carbonyl (C=O) groups excluding carboxylic acids is 1. The van der Waals surface area contributed by atoms with Gasteiger partial charge in [0.05, 0.1) is 18.4 Å². The van der Waals surface area contributed by atoms with Gasteiger partial charge in [-0.15, -0.1) is 0 Å². The Kier molecular flexibility index (Phi) is 5.44. The first-order chi connectivity index (χ1) is 14.5. The number of aliphatic hydroxyl groups excluding tert-OH is 1. The van der Waals surface area contributed by atoms with Crippen molar-refractivity contribution >= 4 is 17.2 Å². The highest BCUT2D eigenvalue weighted by molar-refractivity contribution is 5.93. The summed E-state index contributed by atoms with van der Waals surface area (Å²) in [6.07, 6.45) is 2.57. The lowest BCUT2D eigenvalue weighted by Gasteiger charge is -2.21. The minimum absolute atomic E-state index is 0.156. The molecule has 1 amide bonds. The molecule has 9 heteroatoms. The summed E-state index contributed by atoms with van der Waals surface area (Å²) in [4.78, 5) is 16.6. The molecule has 3 aromatic rings. The van der Waals surface area contributed by atoms with Crippen LogP contribution in [-0.2, 0) is 21.6 Å². The first kappa shape index (κ1) is 19.9. The molecule has 0 bridgehead atoms. The highest BCUT2D eigenvalue weighted by Crippen LogP contribution is 2.39. The molecule has 2 unspecified atom stereocenters. The van der Waals surface area contributed by atoms with Crippen LogP contribution in [0, 0.1) is 17.1 Å². The van der Waals surface area contributed by atoms with Gasteiger partial charge in [0.2, 0.25) is 5.91 Å². The van der Waals surface area contributed by atoms with E-state index in [0.717, 1.165) is 5.56 Å². The zero-order chi connectivity index (χ0) is 21.1. The van der Waals surface area contributed by atoms with Crippen LogP contribution < -0.4 is 5.32 Å². The molecule has 0 spiro atoms. The third-order valence-electron chi connectivity index (χ3n) is 5.25. The molecule has 3 heterocycles. The third kappa shape index (κ3) is 3.75. The molecule has 0 saturated carbocycles. The van der Waals surface area contributed by atoms with Crippen molar-refractivity contribution < 1.29 is 19.0 Å². The van der Waals surface area contributed by atoms with Gasteiger partial charge in [-0.05, 0) is 49.1 Å². The van der Waals surface area contributed by atoms with Gasteiger partial charge in [0.15, 0.2) is 11.4 Å². The Morgan fingerprint density at radius 3 is 2.87 bits per heavy atom. The Balaban J connectivity index is 1.52. The number of fused-ring (bicyclic) bond motifs is 1. The van der Waals surface area contributed by atoms with Crippen molar-refractivity contribution in [2.45, 2.75) is 37.4 Å². The van der Waals surface area contributed by atoms with E-state index < -0.39 is 11.7 Å². The lowest BCUT2D eigenvalue weighted by Crippen LogP contribution is -2.28. The van der Waals surface area contributed by atoms with E-state index in [0.29, 0.717) is 36.3 Å². The topological polar surface area (TPSA) is 113 Å². The van der Waals surface area contributed by atoms with E-state index in [1.807, 2.05) is 0 Å². The average Bonchev–Trinajstić information content (AvgIpc) is 3.39. The maximum atomic E-state index is 13.0. The number of aliphatic hydroxyl groups is 1. The molecule has 1 aliphatic rings. The SMILES string of the molecule is N#CC1(c2ccc3c(NC(=O)CCc4ccc(F)cc4)ncnn23)CCC(CO)O1. The normalized spacial score (nSPS) is 20.9. The number of anilines is 1. The van der Waals surface area contributed by atoms with Crippen molar-refractivity contribution in [3.05, 3.63) is 59.8 Å². The quantitative estimate of drug-likeness (QED) is 0.646. The number of aromatic nitrogens is 3. The van der Waals surface area contributed by atoms with Crippen LogP contribution in [-0.4, -0.2) is 38.3 Å². The van der Waals surface area contributed by atoms with Crippen LogP contribution in [0.5, 0.6) is 0 Å². The lowest BCUT2D eigenvalue weighted by atomic mass is 9.98. The predicted molar refractivity (Wildman–Crippen MR) is 105 cm³/mol. The molecule has 4 rings (SSSR count). The summed E-state index contributed by atoms with van der Waals surface area (Å²) in [5.74, 6) is -0.234. The number of benzene rings is 1. The lowest BCUT2D eigenvalue weighted by molar-refractivity contribution is -0.116. The highest BCUT2D eigenvalue weighted by atomic mass is 19.1. The maximum Gasteiger partial charge on any atom is 0.225 e. The van der Waals surface area contributed by atoms with E-state index in [1.54, 1.807) is 24.3 Å². The first-order valence-corrected chi connectivity index (χ1v) is 9.62. The van der Waals surface area contributed by atoms with Crippen molar-refractivity contribution in [3.63, 3.8) is 0 Å². The van der Waals surface area contributed by atoms with Gasteiger partial charge < -0.3 is 15.2 Å². The van der Waals surface area contributed by atoms with E-state index in [2.05, 4.69) is 21.5 Å². The van der Waals surface area contributed by atoms with Crippen molar-refractivity contribution in [2.75, 3.05) is 11.9 Å². The van der Waals surface area contributed by atoms with E-state index in [9.17, 15) is 19.6 Å². The smallest absolute Gasteiger partial charge is 0.225 e. The van der Waals surface area contributed by atoms with Crippen LogP contribution in [0.2, 0.25) is 0 Å². The van der Waals surface area contributed by atoms with Crippen molar-refractivity contribution in [1.82, 2.24) is 14.6 Å². The van der Waals surface area contributed by atoms with E-state index in [4.69, 9.17) is 4.74 Å². The van der Waals surface area contributed by atoms with E-state index >= 15 is 0 Å². The number of hydrogen-bond acceptors (Lipinski definition) is 6. The second-order valence-corrected chi connectivity index (χ2v) is 7.20. The molecule has 1 fully saturated rings. The maximum absolute atomic E-state index is 13.0. The number of nitrogens with zero attached hydrogens (tertiary/aromatic N) is 4. The first-order valence-electron chi connectivity index (χ1n) is 9.62. The Bertz CT molecular complexity index is 1110. The number of amides is 1. The number of halogens is 1. The second-order valence-electron chi connectivity index (χ2n) is 7.20. The second kappa shape index (κ2) is 8.18. The fraction of sp³-hybridized carbons (Fsp3) is 0.333. The van der Waals surface area contributed by atoms with Gasteiger partial charge in [0.25, 0.3) is 0 Å². The van der Waals surface area contributed by atoms with Crippen LogP contribution in [0.3, 0.4) is 0 Å². The van der Waals surface area contributed by atoms with Gasteiger partial charge in [0, 0.05) is 6.42 Å². The summed E-state index contributed by atoms with van der Waals surface area (Å²) in [6.45, 7) is -0.156. The number of carbonyl (C=O) groups is 1. The van der Waals surface area contributed by atoms with Crippen LogP contribution in [0.15, 0.2) is 42.7 Å². The molecule has 1 aliphatic heterocycles. The number of nitrogens with one attached hydrogen (secondary N) is 1. The minimum atomic E-state index is -1.21. The Hall–Kier alpha value is -3.35. The Morgan fingerprint density at radius 2 is 2.17 bits per heavy atom. The zero-order valence-corrected chi connectivity index (χ0v) is 16.1. The van der Waals surface area contributed by atoms with Gasteiger partial charge >= 0.3 is 0 Å². The molecular formula is C21H20FN5O3. The molecule has 2 atom stereocenters. The van der Waals surface area contributed by atoms with Gasteiger partial charge in [-0.2, -0.15) is 10.4 Å². The molecule has 0 radical (unpaired) electrons. The van der Waals surface area contributed by atoms with Crippen LogP contribution in [0.25, 0.3) is 5.52 Å². The van der Waals surface area contributed by atoms with Gasteiger partial charge in [-0.25, -0.2) is 13.9 Å². The fourth-order valence-corrected chi connectivity index (χ4v) is 3.66. The molecule has 30 heavy (non-hydrogen) atoms. The van der Waals surface area contributed by atoms with Crippen LogP contribution >= 0.6 is 0 Å². The summed E-state index contributed by atoms with van der Waals surface area (Å²) in [5.41, 5.74) is 0.712. The fourth-order valence-electron chi connectivity index (χ4n) is 3.66. The molecule has 1 saturated heterocycles. The number of rotatable bonds is 6. The number of hydrogen-bond donors (Lipinski definition) is 2. The van der Waals surface area contributed by atoms with Gasteiger partial charge in [-0.3, -0.25) is 4.79 Å². The summed E-state index contributed by atoms with van der Waals surface area (Å²) >= 11 is 0. The molecular weight excluding hydrogens is 389 g/mol. The Morgan fingerprint density at radius 1 is 1.37 bits per heavy atom. The summed E-state index contributed by atoms with van der Waals surface area (Å²) in [5, 5.41) is 26.1. The highest BCUT2D eigenvalue weighted by Gasteiger charge is 2.44. The molecule has 0 aliphatic carbocycles. The largest absolute Gasteiger partial charge is 0.394 e. The summed E-state index contributed by atoms with van der Waals surface area (Å²) in [7, 11) is 0. The molecule has 2 N–H and O–H groups in total. The molecule has 1 aromatic carbocycles. The van der Waals surface area contributed by atoms with Crippen molar-refractivity contribution in [3.8, 4) is 6.07 Å². The molecule has 154 valence electrons. The average molecular weight is 409 g/mol. The van der Waals surface area contributed by atoms with E-state index in [1.165, 1.54) is 23.0 Å². The van der Waals surface area contributed by atoms with Gasteiger partial charge in [-0.1, -0.05) is 12.1 Å². The Labute approximate surface area is 171 Å². The number of nitriles is 1. The predicted octanol–water partition coefficient (Wildman–Crippen LogP) is 2.33. The standard InChI is InChI=1S/C21H20FN5O3/c22-15-4-1-14(2-5-15)3-8-19(29)26-20-17-6-7-18(27(17)25-13-24-20)21(12-23)10-9-16(11-28)30-21/h1-2,4-7,13,16,28H,3,8-11H2,(H,24,25,26,29). The summed E-state index contributed by atoms with van der Waals surface area (Å²) < 4.78 is 20.3. The third-order valence-corrected chi connectivity index (χ3v) is 5.25. The molecule has 2 aromatic heterocycles. The number of ether oxygens (including phenoxy) is 1. The van der Waals surface area contributed by atoms with Crippen molar-refractivity contribution in [1.29, 1.82) is 5.26 Å². The molecule has 8 nitrogen and oxygen atoms in total. The monoisotopic (exact) mass is 409 g/mol. The van der Waals surface area contributed by atoms with Gasteiger partial charge in [0.1, 0.15) is 23.7 Å². The minimum Gasteiger partial charge on any atom is -0.394 e. The van der Waals surface area contributed by atoms with Crippen LogP contribution in [0.4, 0.5) is 10.2 Å². The zero-order valence-electron chi connectivity index (χ0n) is 16.1. The van der Waals surface area contributed by atoms with Crippen molar-refractivity contribution in [2.24, 2.45) is 0 Å². The summed E-state index contributed by atoms with van der Waals surface area (Å²) in [6, 6.07) is 11.7. The van der Waals surface area contributed by atoms with E-state index in [-0.39, 0.29) is 24.8 Å². The number of aryl methyl sites for hydroxylation is 1.